The summed E-state index contributed by atoms with van der Waals surface area (Å²) in [6, 6.07) is 7.19. The summed E-state index contributed by atoms with van der Waals surface area (Å²) in [5, 5.41) is 11.5. The zero-order valence-corrected chi connectivity index (χ0v) is 11.6. The molecule has 0 saturated carbocycles. The topological polar surface area (TPSA) is 79.8 Å². The predicted molar refractivity (Wildman–Crippen MR) is 75.4 cm³/mol. The van der Waals surface area contributed by atoms with Crippen LogP contribution >= 0.6 is 0 Å². The molecule has 0 unspecified atom stereocenters. The Morgan fingerprint density at radius 2 is 1.95 bits per heavy atom. The highest BCUT2D eigenvalue weighted by atomic mass is 19.1. The van der Waals surface area contributed by atoms with Gasteiger partial charge in [0.25, 0.3) is 5.56 Å². The number of nitriles is 1. The fourth-order valence-corrected chi connectivity index (χ4v) is 1.86. The quantitative estimate of drug-likeness (QED) is 0.902. The summed E-state index contributed by atoms with van der Waals surface area (Å²) in [6.45, 7) is 0.116. The molecule has 0 radical (unpaired) electrons. The van der Waals surface area contributed by atoms with Crippen molar-refractivity contribution >= 4 is 5.69 Å². The molecule has 2 aromatic rings. The van der Waals surface area contributed by atoms with Gasteiger partial charge < -0.3 is 5.32 Å². The van der Waals surface area contributed by atoms with Crippen LogP contribution in [-0.2, 0) is 20.6 Å². The Labute approximate surface area is 119 Å². The van der Waals surface area contributed by atoms with E-state index in [9.17, 15) is 14.0 Å². The maximum atomic E-state index is 13.7. The molecule has 7 heteroatoms. The van der Waals surface area contributed by atoms with Crippen molar-refractivity contribution in [2.75, 3.05) is 5.32 Å². The van der Waals surface area contributed by atoms with Gasteiger partial charge in [0, 0.05) is 25.9 Å². The summed E-state index contributed by atoms with van der Waals surface area (Å²) in [5.41, 5.74) is -0.0113. The summed E-state index contributed by atoms with van der Waals surface area (Å²) in [6.07, 6.45) is 0. The lowest BCUT2D eigenvalue weighted by molar-refractivity contribution is 0.626. The molecular formula is C14H13FN4O2. The number of benzene rings is 1. The molecule has 0 atom stereocenters. The lowest BCUT2D eigenvalue weighted by Crippen LogP contribution is -2.38. The lowest BCUT2D eigenvalue weighted by atomic mass is 10.2. The second-order valence-corrected chi connectivity index (χ2v) is 4.53. The molecule has 21 heavy (non-hydrogen) atoms. The Bertz CT molecular complexity index is 846. The van der Waals surface area contributed by atoms with Crippen LogP contribution in [0.1, 0.15) is 11.3 Å². The van der Waals surface area contributed by atoms with Gasteiger partial charge in [-0.05, 0) is 18.2 Å². The Morgan fingerprint density at radius 1 is 1.24 bits per heavy atom. The summed E-state index contributed by atoms with van der Waals surface area (Å²) in [4.78, 5) is 23.3. The number of anilines is 1. The molecule has 2 rings (SSSR count). The number of rotatable bonds is 3. The van der Waals surface area contributed by atoms with Crippen molar-refractivity contribution in [1.29, 1.82) is 5.26 Å². The van der Waals surface area contributed by atoms with E-state index in [0.29, 0.717) is 5.69 Å². The van der Waals surface area contributed by atoms with Crippen molar-refractivity contribution in [1.82, 2.24) is 9.13 Å². The van der Waals surface area contributed by atoms with Crippen LogP contribution in [0.5, 0.6) is 0 Å². The van der Waals surface area contributed by atoms with Gasteiger partial charge >= 0.3 is 5.69 Å². The first kappa shape index (κ1) is 14.5. The Balaban J connectivity index is 2.27. The molecule has 0 amide bonds. The van der Waals surface area contributed by atoms with Crippen molar-refractivity contribution in [2.45, 2.75) is 6.54 Å². The number of nitrogens with zero attached hydrogens (tertiary/aromatic N) is 3. The van der Waals surface area contributed by atoms with E-state index in [-0.39, 0.29) is 17.8 Å². The number of aromatic nitrogens is 2. The zero-order valence-electron chi connectivity index (χ0n) is 11.6. The normalized spacial score (nSPS) is 10.2. The minimum atomic E-state index is -0.567. The molecular weight excluding hydrogens is 275 g/mol. The minimum absolute atomic E-state index is 0.116. The van der Waals surface area contributed by atoms with Crippen molar-refractivity contribution < 1.29 is 4.39 Å². The van der Waals surface area contributed by atoms with Gasteiger partial charge in [0.15, 0.2) is 0 Å². The number of hydrogen-bond acceptors (Lipinski definition) is 4. The van der Waals surface area contributed by atoms with E-state index in [4.69, 9.17) is 5.26 Å². The highest BCUT2D eigenvalue weighted by Crippen LogP contribution is 2.15. The van der Waals surface area contributed by atoms with Crippen LogP contribution in [0, 0.1) is 17.1 Å². The highest BCUT2D eigenvalue weighted by Gasteiger charge is 2.07. The van der Waals surface area contributed by atoms with E-state index in [1.807, 2.05) is 6.07 Å². The summed E-state index contributed by atoms with van der Waals surface area (Å²) >= 11 is 0. The molecule has 6 nitrogen and oxygen atoms in total. The average Bonchev–Trinajstić information content (AvgIpc) is 2.48. The number of halogens is 1. The average molecular weight is 288 g/mol. The third kappa shape index (κ3) is 2.84. The number of hydrogen-bond donors (Lipinski definition) is 1. The van der Waals surface area contributed by atoms with Crippen LogP contribution < -0.4 is 16.6 Å². The first-order valence-electron chi connectivity index (χ1n) is 6.13. The summed E-state index contributed by atoms with van der Waals surface area (Å²) in [5.74, 6) is -0.567. The first-order chi connectivity index (χ1) is 9.93. The molecule has 108 valence electrons. The third-order valence-corrected chi connectivity index (χ3v) is 3.18. The highest BCUT2D eigenvalue weighted by molar-refractivity contribution is 5.48. The Morgan fingerprint density at radius 3 is 2.57 bits per heavy atom. The van der Waals surface area contributed by atoms with E-state index in [2.05, 4.69) is 5.32 Å². The van der Waals surface area contributed by atoms with E-state index in [1.165, 1.54) is 36.9 Å². The van der Waals surface area contributed by atoms with Crippen LogP contribution in [0.3, 0.4) is 0 Å². The summed E-state index contributed by atoms with van der Waals surface area (Å²) < 4.78 is 16.0. The van der Waals surface area contributed by atoms with E-state index in [0.717, 1.165) is 10.6 Å². The van der Waals surface area contributed by atoms with Crippen molar-refractivity contribution in [3.05, 3.63) is 62.2 Å². The van der Waals surface area contributed by atoms with Gasteiger partial charge in [-0.3, -0.25) is 13.9 Å². The molecule has 0 aliphatic heterocycles. The molecule has 1 aromatic heterocycles. The molecule has 0 saturated heterocycles. The third-order valence-electron chi connectivity index (χ3n) is 3.18. The smallest absolute Gasteiger partial charge is 0.330 e. The van der Waals surface area contributed by atoms with E-state index < -0.39 is 17.1 Å². The molecule has 0 fully saturated rings. The summed E-state index contributed by atoms with van der Waals surface area (Å²) in [7, 11) is 2.93. The van der Waals surface area contributed by atoms with Gasteiger partial charge in [-0.1, -0.05) is 0 Å². The van der Waals surface area contributed by atoms with Gasteiger partial charge in [0.05, 0.1) is 23.9 Å². The van der Waals surface area contributed by atoms with Crippen molar-refractivity contribution in [2.24, 2.45) is 14.1 Å². The number of nitrogens with one attached hydrogen (secondary N) is 1. The maximum absolute atomic E-state index is 13.7. The Kier molecular flexibility index (Phi) is 3.89. The van der Waals surface area contributed by atoms with Gasteiger partial charge in [0.2, 0.25) is 0 Å². The second kappa shape index (κ2) is 5.63. The predicted octanol–water partition coefficient (Wildman–Crippen LogP) is 0.707. The maximum Gasteiger partial charge on any atom is 0.330 e. The monoisotopic (exact) mass is 288 g/mol. The van der Waals surface area contributed by atoms with Crippen LogP contribution in [0.15, 0.2) is 33.9 Å². The van der Waals surface area contributed by atoms with E-state index in [1.54, 1.807) is 0 Å². The van der Waals surface area contributed by atoms with E-state index >= 15 is 0 Å². The van der Waals surface area contributed by atoms with Gasteiger partial charge in [-0.2, -0.15) is 5.26 Å². The second-order valence-electron chi connectivity index (χ2n) is 4.53. The van der Waals surface area contributed by atoms with Crippen molar-refractivity contribution in [3.8, 4) is 6.07 Å². The van der Waals surface area contributed by atoms with Crippen molar-refractivity contribution in [3.63, 3.8) is 0 Å². The molecule has 0 aliphatic carbocycles. The van der Waals surface area contributed by atoms with Gasteiger partial charge in [0.1, 0.15) is 5.82 Å². The standard InChI is InChI=1S/C14H13FN4O2/c1-18-10(6-13(20)19(2)14(18)21)8-17-12-4-3-9(7-16)5-11(12)15/h3-6,17H,8H2,1-2H3. The fraction of sp³-hybridized carbons (Fsp3) is 0.214. The lowest BCUT2D eigenvalue weighted by Gasteiger charge is -2.11. The SMILES string of the molecule is Cn1c(CNc2ccc(C#N)cc2F)cc(=O)n(C)c1=O. The van der Waals surface area contributed by atoms with Crippen LogP contribution in [-0.4, -0.2) is 9.13 Å². The molecule has 1 aromatic carbocycles. The van der Waals surface area contributed by atoms with Gasteiger partial charge in [-0.25, -0.2) is 9.18 Å². The fourth-order valence-electron chi connectivity index (χ4n) is 1.86. The van der Waals surface area contributed by atoms with Crippen LogP contribution in [0.25, 0.3) is 0 Å². The molecule has 1 heterocycles. The molecule has 0 bridgehead atoms. The molecule has 0 spiro atoms. The molecule has 1 N–H and O–H groups in total. The molecule has 0 aliphatic rings. The largest absolute Gasteiger partial charge is 0.377 e. The van der Waals surface area contributed by atoms with Crippen LogP contribution in [0.4, 0.5) is 10.1 Å². The van der Waals surface area contributed by atoms with Crippen LogP contribution in [0.2, 0.25) is 0 Å². The van der Waals surface area contributed by atoms with Gasteiger partial charge in [-0.15, -0.1) is 0 Å². The zero-order chi connectivity index (χ0) is 15.6. The Hall–Kier alpha value is -2.88. The minimum Gasteiger partial charge on any atom is -0.377 e. The first-order valence-corrected chi connectivity index (χ1v) is 6.13.